The van der Waals surface area contributed by atoms with Crippen LogP contribution < -0.4 is 0 Å². The van der Waals surface area contributed by atoms with Gasteiger partial charge >= 0.3 is 5.97 Å². The molecule has 16 heavy (non-hydrogen) atoms. The quantitative estimate of drug-likeness (QED) is 0.810. The Bertz CT molecular complexity index is 404. The summed E-state index contributed by atoms with van der Waals surface area (Å²) in [4.78, 5) is 10.5. The molecule has 0 aliphatic rings. The number of aryl methyl sites for hydroxylation is 1. The van der Waals surface area contributed by atoms with Gasteiger partial charge in [0.05, 0.1) is 5.92 Å². The van der Waals surface area contributed by atoms with Gasteiger partial charge in [-0.25, -0.2) is 13.2 Å². The molecule has 0 heterocycles. The lowest BCUT2D eigenvalue weighted by Crippen LogP contribution is -2.10. The molecule has 0 aliphatic carbocycles. The second-order valence-electron chi connectivity index (χ2n) is 3.64. The minimum Gasteiger partial charge on any atom is -0.481 e. The molecule has 1 unspecified atom stereocenters. The van der Waals surface area contributed by atoms with Crippen molar-refractivity contribution >= 4 is 5.97 Å². The van der Waals surface area contributed by atoms with Crippen LogP contribution in [0.1, 0.15) is 18.9 Å². The Hall–Kier alpha value is -1.52. The van der Waals surface area contributed by atoms with Gasteiger partial charge in [0.15, 0.2) is 11.6 Å². The van der Waals surface area contributed by atoms with Gasteiger partial charge in [-0.15, -0.1) is 0 Å². The molecule has 0 radical (unpaired) electrons. The highest BCUT2D eigenvalue weighted by Gasteiger charge is 2.14. The minimum atomic E-state index is -1.24. The molecule has 1 rings (SSSR count). The van der Waals surface area contributed by atoms with Crippen molar-refractivity contribution in [2.45, 2.75) is 19.8 Å². The summed E-state index contributed by atoms with van der Waals surface area (Å²) in [6, 6.07) is 1.23. The average molecular weight is 232 g/mol. The summed E-state index contributed by atoms with van der Waals surface area (Å²) in [5, 5.41) is 8.60. The lowest BCUT2D eigenvalue weighted by Gasteiger charge is -2.07. The number of benzene rings is 1. The molecule has 1 atom stereocenters. The highest BCUT2D eigenvalue weighted by atomic mass is 19.2. The van der Waals surface area contributed by atoms with E-state index in [2.05, 4.69) is 0 Å². The first-order chi connectivity index (χ1) is 7.41. The van der Waals surface area contributed by atoms with E-state index in [4.69, 9.17) is 5.11 Å². The van der Waals surface area contributed by atoms with Crippen LogP contribution in [0.5, 0.6) is 0 Å². The third-order valence-corrected chi connectivity index (χ3v) is 2.36. The molecule has 1 N–H and O–H groups in total. The maximum atomic E-state index is 13.1. The number of carbonyl (C=O) groups is 1. The summed E-state index contributed by atoms with van der Waals surface area (Å²) in [6.07, 6.45) is 0.244. The van der Waals surface area contributed by atoms with Crippen LogP contribution in [0.3, 0.4) is 0 Å². The average Bonchev–Trinajstić information content (AvgIpc) is 2.20. The van der Waals surface area contributed by atoms with Crippen LogP contribution in [-0.2, 0) is 11.2 Å². The molecular weight excluding hydrogens is 221 g/mol. The zero-order valence-corrected chi connectivity index (χ0v) is 8.64. The van der Waals surface area contributed by atoms with Crippen LogP contribution in [0, 0.1) is 23.4 Å². The Morgan fingerprint density at radius 2 is 1.81 bits per heavy atom. The lowest BCUT2D eigenvalue weighted by atomic mass is 10.0. The van der Waals surface area contributed by atoms with Crippen molar-refractivity contribution in [3.63, 3.8) is 0 Å². The highest BCUT2D eigenvalue weighted by molar-refractivity contribution is 5.69. The van der Waals surface area contributed by atoms with Crippen molar-refractivity contribution in [2.75, 3.05) is 0 Å². The van der Waals surface area contributed by atoms with E-state index in [1.54, 1.807) is 0 Å². The fourth-order valence-corrected chi connectivity index (χ4v) is 1.25. The van der Waals surface area contributed by atoms with E-state index in [-0.39, 0.29) is 18.4 Å². The zero-order valence-electron chi connectivity index (χ0n) is 8.64. The number of aliphatic carboxylic acids is 1. The molecule has 2 nitrogen and oxygen atoms in total. The first-order valence-corrected chi connectivity index (χ1v) is 4.78. The molecule has 0 fully saturated rings. The maximum Gasteiger partial charge on any atom is 0.306 e. The van der Waals surface area contributed by atoms with Gasteiger partial charge in [-0.2, -0.15) is 0 Å². The fraction of sp³-hybridized carbons (Fsp3) is 0.364. The SMILES string of the molecule is CC(CCc1cc(F)c(F)cc1F)C(=O)O. The molecule has 0 saturated carbocycles. The molecule has 1 aromatic carbocycles. The summed E-state index contributed by atoms with van der Waals surface area (Å²) in [6.45, 7) is 1.47. The summed E-state index contributed by atoms with van der Waals surface area (Å²) in [5.41, 5.74) is -0.00741. The smallest absolute Gasteiger partial charge is 0.306 e. The molecule has 0 spiro atoms. The number of rotatable bonds is 4. The largest absolute Gasteiger partial charge is 0.481 e. The molecule has 88 valence electrons. The summed E-state index contributed by atoms with van der Waals surface area (Å²) in [5.74, 6) is -4.86. The summed E-state index contributed by atoms with van der Waals surface area (Å²) < 4.78 is 38.5. The number of carboxylic acid groups (broad SMARTS) is 1. The van der Waals surface area contributed by atoms with E-state index in [1.165, 1.54) is 6.92 Å². The van der Waals surface area contributed by atoms with Crippen molar-refractivity contribution < 1.29 is 23.1 Å². The molecule has 0 amide bonds. The minimum absolute atomic E-state index is 0.00741. The van der Waals surface area contributed by atoms with Crippen LogP contribution in [-0.4, -0.2) is 11.1 Å². The predicted octanol–water partition coefficient (Wildman–Crippen LogP) is 2.76. The summed E-state index contributed by atoms with van der Waals surface area (Å²) in [7, 11) is 0. The van der Waals surface area contributed by atoms with Gasteiger partial charge in [-0.05, 0) is 24.5 Å². The van der Waals surface area contributed by atoms with Gasteiger partial charge in [-0.3, -0.25) is 4.79 Å². The molecule has 0 aliphatic heterocycles. The molecular formula is C11H11F3O2. The second-order valence-corrected chi connectivity index (χ2v) is 3.64. The van der Waals surface area contributed by atoms with Crippen molar-refractivity contribution in [3.8, 4) is 0 Å². The number of hydrogen-bond acceptors (Lipinski definition) is 1. The highest BCUT2D eigenvalue weighted by Crippen LogP contribution is 2.17. The van der Waals surface area contributed by atoms with Gasteiger partial charge < -0.3 is 5.11 Å². The van der Waals surface area contributed by atoms with E-state index in [9.17, 15) is 18.0 Å². The number of hydrogen-bond donors (Lipinski definition) is 1. The first-order valence-electron chi connectivity index (χ1n) is 4.78. The fourth-order valence-electron chi connectivity index (χ4n) is 1.25. The molecule has 1 aromatic rings. The van der Waals surface area contributed by atoms with E-state index >= 15 is 0 Å². The van der Waals surface area contributed by atoms with Crippen LogP contribution in [0.2, 0.25) is 0 Å². The van der Waals surface area contributed by atoms with Crippen LogP contribution >= 0.6 is 0 Å². The molecule has 0 saturated heterocycles. The molecule has 0 bridgehead atoms. The van der Waals surface area contributed by atoms with E-state index in [1.807, 2.05) is 0 Å². The van der Waals surface area contributed by atoms with Crippen LogP contribution in [0.4, 0.5) is 13.2 Å². The van der Waals surface area contributed by atoms with E-state index in [0.717, 1.165) is 6.07 Å². The Kier molecular flexibility index (Phi) is 3.93. The van der Waals surface area contributed by atoms with Crippen LogP contribution in [0.15, 0.2) is 12.1 Å². The van der Waals surface area contributed by atoms with Crippen molar-refractivity contribution in [3.05, 3.63) is 35.1 Å². The lowest BCUT2D eigenvalue weighted by molar-refractivity contribution is -0.141. The Balaban J connectivity index is 2.74. The zero-order chi connectivity index (χ0) is 12.3. The van der Waals surface area contributed by atoms with Gasteiger partial charge in [0, 0.05) is 6.07 Å². The molecule has 0 aromatic heterocycles. The van der Waals surface area contributed by atoms with Crippen molar-refractivity contribution in [1.29, 1.82) is 0 Å². The Labute approximate surface area is 90.7 Å². The van der Waals surface area contributed by atoms with Crippen molar-refractivity contribution in [2.24, 2.45) is 5.92 Å². The first kappa shape index (κ1) is 12.5. The van der Waals surface area contributed by atoms with E-state index < -0.39 is 29.3 Å². The second kappa shape index (κ2) is 5.01. The normalized spacial score (nSPS) is 12.5. The Morgan fingerprint density at radius 1 is 1.25 bits per heavy atom. The standard InChI is InChI=1S/C11H11F3O2/c1-6(11(15)16)2-3-7-4-9(13)10(14)5-8(7)12/h4-6H,2-3H2,1H3,(H,15,16). The van der Waals surface area contributed by atoms with Gasteiger partial charge in [-0.1, -0.05) is 6.92 Å². The summed E-state index contributed by atoms with van der Waals surface area (Å²) >= 11 is 0. The van der Waals surface area contributed by atoms with Gasteiger partial charge in [0.25, 0.3) is 0 Å². The molecule has 5 heteroatoms. The van der Waals surface area contributed by atoms with Crippen molar-refractivity contribution in [1.82, 2.24) is 0 Å². The maximum absolute atomic E-state index is 13.1. The van der Waals surface area contributed by atoms with E-state index in [0.29, 0.717) is 6.07 Å². The van der Waals surface area contributed by atoms with Gasteiger partial charge in [0.1, 0.15) is 5.82 Å². The topological polar surface area (TPSA) is 37.3 Å². The monoisotopic (exact) mass is 232 g/mol. The Morgan fingerprint density at radius 3 is 2.38 bits per heavy atom. The van der Waals surface area contributed by atoms with Crippen LogP contribution in [0.25, 0.3) is 0 Å². The number of carboxylic acids is 1. The third kappa shape index (κ3) is 2.98. The predicted molar refractivity (Wildman–Crippen MR) is 51.4 cm³/mol. The third-order valence-electron chi connectivity index (χ3n) is 2.36. The van der Waals surface area contributed by atoms with Gasteiger partial charge in [0.2, 0.25) is 0 Å². The number of halogens is 3.